The first-order valence-corrected chi connectivity index (χ1v) is 11.0. The number of rotatable bonds is 8. The topological polar surface area (TPSA) is 59.9 Å². The molecule has 170 valence electrons. The summed E-state index contributed by atoms with van der Waals surface area (Å²) in [5.41, 5.74) is 1.10. The Hall–Kier alpha value is -1.65. The van der Waals surface area contributed by atoms with E-state index in [-0.39, 0.29) is 24.0 Å². The van der Waals surface area contributed by atoms with Crippen molar-refractivity contribution in [1.82, 2.24) is 25.1 Å². The SMILES string of the molecule is CCNC(=NCCCN1CCN(c2ncccn2)CC1)N(C)Cc1ccccc1Cl.I. The lowest BCUT2D eigenvalue weighted by Gasteiger charge is -2.34. The van der Waals surface area contributed by atoms with Gasteiger partial charge >= 0.3 is 0 Å². The van der Waals surface area contributed by atoms with Crippen LogP contribution in [0.3, 0.4) is 0 Å². The summed E-state index contributed by atoms with van der Waals surface area (Å²) >= 11 is 6.31. The third-order valence-electron chi connectivity index (χ3n) is 5.16. The van der Waals surface area contributed by atoms with Crippen LogP contribution in [-0.2, 0) is 6.54 Å². The monoisotopic (exact) mass is 557 g/mol. The lowest BCUT2D eigenvalue weighted by atomic mass is 10.2. The number of guanidine groups is 1. The molecule has 9 heteroatoms. The average molecular weight is 558 g/mol. The highest BCUT2D eigenvalue weighted by Gasteiger charge is 2.18. The Bertz CT molecular complexity index is 797. The number of aliphatic imine (C=N–C) groups is 1. The van der Waals surface area contributed by atoms with Gasteiger partial charge in [0.25, 0.3) is 0 Å². The van der Waals surface area contributed by atoms with E-state index in [1.54, 1.807) is 12.4 Å². The van der Waals surface area contributed by atoms with Crippen LogP contribution in [0.25, 0.3) is 0 Å². The zero-order chi connectivity index (χ0) is 21.2. The standard InChI is InChI=1S/C22H32ClN7.HI/c1-3-24-21(28(2)18-19-8-4-5-9-20(19)23)25-12-7-13-29-14-16-30(17-15-29)22-26-10-6-11-27-22;/h4-6,8-11H,3,7,12-18H2,1-2H3,(H,24,25);1H. The van der Waals surface area contributed by atoms with E-state index in [0.29, 0.717) is 0 Å². The molecule has 7 nitrogen and oxygen atoms in total. The molecule has 0 atom stereocenters. The summed E-state index contributed by atoms with van der Waals surface area (Å²) in [7, 11) is 2.05. The first kappa shape index (κ1) is 25.6. The summed E-state index contributed by atoms with van der Waals surface area (Å²) < 4.78 is 0. The van der Waals surface area contributed by atoms with Crippen molar-refractivity contribution in [1.29, 1.82) is 0 Å². The zero-order valence-electron chi connectivity index (χ0n) is 18.4. The Morgan fingerprint density at radius 3 is 2.52 bits per heavy atom. The Morgan fingerprint density at radius 2 is 1.84 bits per heavy atom. The molecule has 0 spiro atoms. The van der Waals surface area contributed by atoms with E-state index in [0.717, 1.165) is 81.3 Å². The van der Waals surface area contributed by atoms with Gasteiger partial charge in [-0.15, -0.1) is 24.0 Å². The Labute approximate surface area is 207 Å². The van der Waals surface area contributed by atoms with Gasteiger partial charge < -0.3 is 15.1 Å². The number of piperazine rings is 1. The first-order valence-electron chi connectivity index (χ1n) is 10.6. The highest BCUT2D eigenvalue weighted by Crippen LogP contribution is 2.16. The predicted octanol–water partition coefficient (Wildman–Crippen LogP) is 3.36. The minimum absolute atomic E-state index is 0. The second-order valence-electron chi connectivity index (χ2n) is 7.41. The van der Waals surface area contributed by atoms with Crippen LogP contribution in [0.2, 0.25) is 5.02 Å². The summed E-state index contributed by atoms with van der Waals surface area (Å²) in [5, 5.41) is 4.18. The van der Waals surface area contributed by atoms with E-state index in [4.69, 9.17) is 16.6 Å². The molecule has 1 aliphatic heterocycles. The van der Waals surface area contributed by atoms with Crippen LogP contribution in [-0.4, -0.2) is 78.6 Å². The van der Waals surface area contributed by atoms with Crippen LogP contribution in [0.15, 0.2) is 47.7 Å². The van der Waals surface area contributed by atoms with E-state index < -0.39 is 0 Å². The van der Waals surface area contributed by atoms with Crippen molar-refractivity contribution in [2.24, 2.45) is 4.99 Å². The summed E-state index contributed by atoms with van der Waals surface area (Å²) in [6, 6.07) is 9.81. The molecule has 0 saturated carbocycles. The normalized spacial score (nSPS) is 14.8. The molecule has 0 unspecified atom stereocenters. The van der Waals surface area contributed by atoms with Crippen molar-refractivity contribution in [2.45, 2.75) is 19.9 Å². The molecule has 1 fully saturated rings. The van der Waals surface area contributed by atoms with Gasteiger partial charge in [0, 0.05) is 76.8 Å². The Kier molecular flexibility index (Phi) is 11.3. The molecule has 0 bridgehead atoms. The fraction of sp³-hybridized carbons (Fsp3) is 0.500. The number of nitrogens with zero attached hydrogens (tertiary/aromatic N) is 6. The number of hydrogen-bond donors (Lipinski definition) is 1. The number of halogens is 2. The molecule has 2 heterocycles. The van der Waals surface area contributed by atoms with Gasteiger partial charge in [0.15, 0.2) is 5.96 Å². The van der Waals surface area contributed by atoms with Gasteiger partial charge in [-0.3, -0.25) is 9.89 Å². The second-order valence-corrected chi connectivity index (χ2v) is 7.82. The molecule has 1 saturated heterocycles. The van der Waals surface area contributed by atoms with Crippen LogP contribution in [0, 0.1) is 0 Å². The summed E-state index contributed by atoms with van der Waals surface area (Å²) in [6.45, 7) is 9.53. The molecule has 1 aromatic carbocycles. The number of benzene rings is 1. The van der Waals surface area contributed by atoms with Crippen LogP contribution in [0.4, 0.5) is 5.95 Å². The number of hydrogen-bond acceptors (Lipinski definition) is 5. The molecular formula is C22H33ClIN7. The lowest BCUT2D eigenvalue weighted by Crippen LogP contribution is -2.47. The maximum atomic E-state index is 6.31. The van der Waals surface area contributed by atoms with Crippen molar-refractivity contribution in [2.75, 3.05) is 57.8 Å². The third kappa shape index (κ3) is 8.08. The number of anilines is 1. The highest BCUT2D eigenvalue weighted by molar-refractivity contribution is 14.0. The molecule has 1 aromatic heterocycles. The van der Waals surface area contributed by atoms with Gasteiger partial charge in [-0.2, -0.15) is 0 Å². The minimum atomic E-state index is 0. The maximum absolute atomic E-state index is 6.31. The number of aromatic nitrogens is 2. The first-order chi connectivity index (χ1) is 14.7. The van der Waals surface area contributed by atoms with Crippen molar-refractivity contribution in [3.05, 3.63) is 53.3 Å². The fourth-order valence-electron chi connectivity index (χ4n) is 3.53. The molecule has 2 aromatic rings. The maximum Gasteiger partial charge on any atom is 0.225 e. The second kappa shape index (κ2) is 13.7. The van der Waals surface area contributed by atoms with Crippen LogP contribution < -0.4 is 10.2 Å². The smallest absolute Gasteiger partial charge is 0.225 e. The van der Waals surface area contributed by atoms with E-state index in [1.165, 1.54) is 0 Å². The molecule has 0 amide bonds. The molecule has 31 heavy (non-hydrogen) atoms. The molecular weight excluding hydrogens is 525 g/mol. The van der Waals surface area contributed by atoms with Gasteiger partial charge in [-0.25, -0.2) is 9.97 Å². The molecule has 3 rings (SSSR count). The van der Waals surface area contributed by atoms with Crippen LogP contribution in [0.5, 0.6) is 0 Å². The van der Waals surface area contributed by atoms with Gasteiger partial charge in [-0.05, 0) is 31.0 Å². The van der Waals surface area contributed by atoms with E-state index >= 15 is 0 Å². The van der Waals surface area contributed by atoms with Crippen LogP contribution in [0.1, 0.15) is 18.9 Å². The lowest BCUT2D eigenvalue weighted by molar-refractivity contribution is 0.255. The van der Waals surface area contributed by atoms with Crippen molar-refractivity contribution >= 4 is 47.5 Å². The third-order valence-corrected chi connectivity index (χ3v) is 5.53. The van der Waals surface area contributed by atoms with Crippen LogP contribution >= 0.6 is 35.6 Å². The Morgan fingerprint density at radius 1 is 1.13 bits per heavy atom. The zero-order valence-corrected chi connectivity index (χ0v) is 21.5. The molecule has 1 aliphatic rings. The minimum Gasteiger partial charge on any atom is -0.357 e. The van der Waals surface area contributed by atoms with E-state index in [9.17, 15) is 0 Å². The molecule has 0 radical (unpaired) electrons. The average Bonchev–Trinajstić information content (AvgIpc) is 2.78. The quantitative estimate of drug-likeness (QED) is 0.233. The largest absolute Gasteiger partial charge is 0.357 e. The van der Waals surface area contributed by atoms with Gasteiger partial charge in [0.1, 0.15) is 0 Å². The highest BCUT2D eigenvalue weighted by atomic mass is 127. The van der Waals surface area contributed by atoms with E-state index in [1.807, 2.05) is 24.3 Å². The van der Waals surface area contributed by atoms with Gasteiger partial charge in [0.05, 0.1) is 0 Å². The fourth-order valence-corrected chi connectivity index (χ4v) is 3.73. The van der Waals surface area contributed by atoms with Gasteiger partial charge in [-0.1, -0.05) is 29.8 Å². The van der Waals surface area contributed by atoms with Crippen molar-refractivity contribution in [3.63, 3.8) is 0 Å². The van der Waals surface area contributed by atoms with E-state index in [2.05, 4.69) is 50.0 Å². The predicted molar refractivity (Wildman–Crippen MR) is 140 cm³/mol. The summed E-state index contributed by atoms with van der Waals surface area (Å²) in [4.78, 5) is 20.4. The van der Waals surface area contributed by atoms with Crippen molar-refractivity contribution < 1.29 is 0 Å². The van der Waals surface area contributed by atoms with Gasteiger partial charge in [0.2, 0.25) is 5.95 Å². The Balaban J connectivity index is 0.00000341. The number of nitrogens with one attached hydrogen (secondary N) is 1. The van der Waals surface area contributed by atoms with Crippen molar-refractivity contribution in [3.8, 4) is 0 Å². The summed E-state index contributed by atoms with van der Waals surface area (Å²) in [6.07, 6.45) is 4.64. The molecule has 0 aliphatic carbocycles. The molecule has 1 N–H and O–H groups in total. The summed E-state index contributed by atoms with van der Waals surface area (Å²) in [5.74, 6) is 1.75.